The monoisotopic (exact) mass is 155 g/mol. The summed E-state index contributed by atoms with van der Waals surface area (Å²) in [7, 11) is 0. The van der Waals surface area contributed by atoms with Crippen LogP contribution in [-0.2, 0) is 0 Å². The average Bonchev–Trinajstić information content (AvgIpc) is 2.48. The standard InChI is InChI=1S/C6H9N3S/c7-4-3-5(4)9-6-8-1-2-10-6/h1-2,4-5H,3,7H2,(H,8,9). The van der Waals surface area contributed by atoms with Gasteiger partial charge >= 0.3 is 0 Å². The number of nitrogens with zero attached hydrogens (tertiary/aromatic N) is 1. The summed E-state index contributed by atoms with van der Waals surface area (Å²) in [6.07, 6.45) is 2.88. The predicted molar refractivity (Wildman–Crippen MR) is 42.1 cm³/mol. The lowest BCUT2D eigenvalue weighted by Crippen LogP contribution is -2.12. The smallest absolute Gasteiger partial charge is 0.182 e. The Morgan fingerprint density at radius 2 is 2.60 bits per heavy atom. The van der Waals surface area contributed by atoms with Crippen LogP contribution in [0.1, 0.15) is 6.42 Å². The van der Waals surface area contributed by atoms with Crippen molar-refractivity contribution in [2.45, 2.75) is 18.5 Å². The van der Waals surface area contributed by atoms with E-state index < -0.39 is 0 Å². The van der Waals surface area contributed by atoms with Gasteiger partial charge < -0.3 is 11.1 Å². The molecule has 3 nitrogen and oxygen atoms in total. The first-order valence-corrected chi connectivity index (χ1v) is 4.16. The van der Waals surface area contributed by atoms with Crippen LogP contribution in [0, 0.1) is 0 Å². The fourth-order valence-corrected chi connectivity index (χ4v) is 1.43. The molecule has 0 aliphatic heterocycles. The third-order valence-electron chi connectivity index (χ3n) is 1.58. The maximum absolute atomic E-state index is 5.60. The van der Waals surface area contributed by atoms with Crippen molar-refractivity contribution in [3.05, 3.63) is 11.6 Å². The Balaban J connectivity index is 1.93. The van der Waals surface area contributed by atoms with Crippen LogP contribution >= 0.6 is 11.3 Å². The van der Waals surface area contributed by atoms with Gasteiger partial charge in [-0.2, -0.15) is 0 Å². The molecule has 10 heavy (non-hydrogen) atoms. The van der Waals surface area contributed by atoms with Crippen LogP contribution in [0.4, 0.5) is 5.13 Å². The van der Waals surface area contributed by atoms with Gasteiger partial charge in [-0.25, -0.2) is 4.98 Å². The van der Waals surface area contributed by atoms with E-state index in [9.17, 15) is 0 Å². The Hall–Kier alpha value is -0.610. The van der Waals surface area contributed by atoms with Crippen LogP contribution in [0.2, 0.25) is 0 Å². The van der Waals surface area contributed by atoms with Crippen molar-refractivity contribution in [2.75, 3.05) is 5.32 Å². The van der Waals surface area contributed by atoms with Crippen molar-refractivity contribution in [3.63, 3.8) is 0 Å². The number of rotatable bonds is 2. The van der Waals surface area contributed by atoms with Crippen LogP contribution in [-0.4, -0.2) is 17.1 Å². The van der Waals surface area contributed by atoms with Crippen LogP contribution < -0.4 is 11.1 Å². The van der Waals surface area contributed by atoms with Gasteiger partial charge in [0.15, 0.2) is 5.13 Å². The van der Waals surface area contributed by atoms with Crippen LogP contribution in [0.25, 0.3) is 0 Å². The lowest BCUT2D eigenvalue weighted by molar-refractivity contribution is 1.00. The first kappa shape index (κ1) is 6.12. The molecule has 0 radical (unpaired) electrons. The normalized spacial score (nSPS) is 30.1. The predicted octanol–water partition coefficient (Wildman–Crippen LogP) is 0.655. The number of aromatic nitrogens is 1. The summed E-state index contributed by atoms with van der Waals surface area (Å²) in [6.45, 7) is 0. The molecular formula is C6H9N3S. The highest BCUT2D eigenvalue weighted by Crippen LogP contribution is 2.24. The number of thiazole rings is 1. The maximum atomic E-state index is 5.60. The molecule has 4 heteroatoms. The summed E-state index contributed by atoms with van der Waals surface area (Å²) in [5, 5.41) is 6.17. The van der Waals surface area contributed by atoms with Gasteiger partial charge in [0.25, 0.3) is 0 Å². The molecule has 0 amide bonds. The van der Waals surface area contributed by atoms with E-state index in [1.54, 1.807) is 17.5 Å². The lowest BCUT2D eigenvalue weighted by atomic mass is 10.7. The molecule has 1 aromatic rings. The molecule has 0 bridgehead atoms. The summed E-state index contributed by atoms with van der Waals surface area (Å²) < 4.78 is 0. The highest BCUT2D eigenvalue weighted by molar-refractivity contribution is 7.13. The molecule has 1 saturated carbocycles. The SMILES string of the molecule is NC1CC1Nc1nccs1. The van der Waals surface area contributed by atoms with E-state index in [0.29, 0.717) is 12.1 Å². The van der Waals surface area contributed by atoms with Crippen molar-refractivity contribution in [3.8, 4) is 0 Å². The van der Waals surface area contributed by atoms with Crippen LogP contribution in [0.15, 0.2) is 11.6 Å². The third-order valence-corrected chi connectivity index (χ3v) is 2.29. The van der Waals surface area contributed by atoms with Crippen molar-refractivity contribution in [1.82, 2.24) is 4.98 Å². The molecule has 3 N–H and O–H groups in total. The number of hydrogen-bond donors (Lipinski definition) is 2. The summed E-state index contributed by atoms with van der Waals surface area (Å²) in [4.78, 5) is 4.08. The van der Waals surface area contributed by atoms with Gasteiger partial charge in [-0.3, -0.25) is 0 Å². The Bertz CT molecular complexity index is 209. The molecule has 1 fully saturated rings. The Labute approximate surface area is 63.3 Å². The summed E-state index contributed by atoms with van der Waals surface area (Å²) in [5.41, 5.74) is 5.60. The van der Waals surface area contributed by atoms with E-state index >= 15 is 0 Å². The number of nitrogens with one attached hydrogen (secondary N) is 1. The van der Waals surface area contributed by atoms with Crippen molar-refractivity contribution in [2.24, 2.45) is 5.73 Å². The molecule has 2 atom stereocenters. The average molecular weight is 155 g/mol. The molecule has 2 rings (SSSR count). The molecule has 1 aliphatic carbocycles. The zero-order valence-corrected chi connectivity index (χ0v) is 6.27. The molecule has 2 unspecified atom stereocenters. The summed E-state index contributed by atoms with van der Waals surface area (Å²) in [6, 6.07) is 0.829. The molecular weight excluding hydrogens is 146 g/mol. The van der Waals surface area contributed by atoms with Gasteiger partial charge in [-0.1, -0.05) is 0 Å². The number of nitrogens with two attached hydrogens (primary N) is 1. The van der Waals surface area contributed by atoms with E-state index in [1.807, 2.05) is 5.38 Å². The van der Waals surface area contributed by atoms with Gasteiger partial charge in [-0.05, 0) is 6.42 Å². The van der Waals surface area contributed by atoms with Gasteiger partial charge in [0, 0.05) is 23.7 Å². The van der Waals surface area contributed by atoms with Crippen molar-refractivity contribution >= 4 is 16.5 Å². The second-order valence-electron chi connectivity index (χ2n) is 2.49. The summed E-state index contributed by atoms with van der Waals surface area (Å²) >= 11 is 1.62. The van der Waals surface area contributed by atoms with Gasteiger partial charge in [0.2, 0.25) is 0 Å². The quantitative estimate of drug-likeness (QED) is 0.659. The molecule has 54 valence electrons. The molecule has 0 spiro atoms. The molecule has 1 aliphatic rings. The first-order valence-electron chi connectivity index (χ1n) is 3.28. The van der Waals surface area contributed by atoms with E-state index in [-0.39, 0.29) is 0 Å². The highest BCUT2D eigenvalue weighted by Gasteiger charge is 2.33. The molecule has 0 saturated heterocycles. The fraction of sp³-hybridized carbons (Fsp3) is 0.500. The molecule has 0 aromatic carbocycles. The van der Waals surface area contributed by atoms with Gasteiger partial charge in [0.1, 0.15) is 0 Å². The highest BCUT2D eigenvalue weighted by atomic mass is 32.1. The lowest BCUT2D eigenvalue weighted by Gasteiger charge is -1.96. The van der Waals surface area contributed by atoms with E-state index in [2.05, 4.69) is 10.3 Å². The van der Waals surface area contributed by atoms with E-state index in [4.69, 9.17) is 5.73 Å². The minimum atomic E-state index is 0.351. The molecule has 1 aromatic heterocycles. The zero-order valence-electron chi connectivity index (χ0n) is 5.45. The largest absolute Gasteiger partial charge is 0.357 e. The zero-order chi connectivity index (χ0) is 6.97. The van der Waals surface area contributed by atoms with Crippen molar-refractivity contribution < 1.29 is 0 Å². The molecule has 1 heterocycles. The number of hydrogen-bond acceptors (Lipinski definition) is 4. The fourth-order valence-electron chi connectivity index (χ4n) is 0.834. The maximum Gasteiger partial charge on any atom is 0.182 e. The minimum absolute atomic E-state index is 0.351. The first-order chi connectivity index (χ1) is 4.86. The number of anilines is 1. The van der Waals surface area contributed by atoms with Crippen LogP contribution in [0.3, 0.4) is 0 Å². The Morgan fingerprint density at radius 1 is 1.80 bits per heavy atom. The Kier molecular flexibility index (Phi) is 1.35. The minimum Gasteiger partial charge on any atom is -0.357 e. The second-order valence-corrected chi connectivity index (χ2v) is 3.38. The Morgan fingerprint density at radius 3 is 3.10 bits per heavy atom. The second kappa shape index (κ2) is 2.21. The van der Waals surface area contributed by atoms with Crippen molar-refractivity contribution in [1.29, 1.82) is 0 Å². The van der Waals surface area contributed by atoms with Gasteiger partial charge in [-0.15, -0.1) is 11.3 Å². The van der Waals surface area contributed by atoms with E-state index in [1.165, 1.54) is 0 Å². The van der Waals surface area contributed by atoms with Crippen LogP contribution in [0.5, 0.6) is 0 Å². The third kappa shape index (κ3) is 1.12. The summed E-state index contributed by atoms with van der Waals surface area (Å²) in [5.74, 6) is 0. The van der Waals surface area contributed by atoms with Gasteiger partial charge in [0.05, 0.1) is 0 Å². The van der Waals surface area contributed by atoms with E-state index in [0.717, 1.165) is 11.6 Å². The topological polar surface area (TPSA) is 50.9 Å².